The van der Waals surface area contributed by atoms with Crippen LogP contribution in [0.5, 0.6) is 0 Å². The fourth-order valence-corrected chi connectivity index (χ4v) is 1.41. The Morgan fingerprint density at radius 3 is 2.72 bits per heavy atom. The Labute approximate surface area is 107 Å². The number of allylic oxidation sites excluding steroid dienone is 3. The van der Waals surface area contributed by atoms with Gasteiger partial charge in [0.1, 0.15) is 5.82 Å². The number of nitrogens with two attached hydrogens (primary N) is 1. The number of rotatable bonds is 4. The predicted molar refractivity (Wildman–Crippen MR) is 76.4 cm³/mol. The lowest BCUT2D eigenvalue weighted by atomic mass is 10.3. The molecule has 0 saturated carbocycles. The van der Waals surface area contributed by atoms with Crippen LogP contribution in [0.2, 0.25) is 0 Å². The lowest BCUT2D eigenvalue weighted by Gasteiger charge is -2.11. The van der Waals surface area contributed by atoms with Crippen LogP contribution in [0, 0.1) is 0 Å². The topological polar surface area (TPSA) is 63.6 Å². The van der Waals surface area contributed by atoms with Crippen LogP contribution >= 0.6 is 0 Å². The van der Waals surface area contributed by atoms with Crippen molar-refractivity contribution in [2.24, 2.45) is 4.99 Å². The van der Waals surface area contributed by atoms with E-state index < -0.39 is 0 Å². The van der Waals surface area contributed by atoms with Crippen molar-refractivity contribution in [3.63, 3.8) is 0 Å². The van der Waals surface area contributed by atoms with Crippen molar-refractivity contribution in [1.82, 2.24) is 9.47 Å². The third kappa shape index (κ3) is 3.10. The van der Waals surface area contributed by atoms with Crippen molar-refractivity contribution < 1.29 is 0 Å². The van der Waals surface area contributed by atoms with Gasteiger partial charge in [-0.2, -0.15) is 0 Å². The Bertz CT molecular complexity index is 552. The van der Waals surface area contributed by atoms with Crippen LogP contribution in [0.25, 0.3) is 5.70 Å². The van der Waals surface area contributed by atoms with E-state index in [0.717, 1.165) is 5.70 Å². The molecule has 1 aromatic rings. The first-order valence-corrected chi connectivity index (χ1v) is 5.47. The van der Waals surface area contributed by atoms with Gasteiger partial charge in [0.05, 0.1) is 5.69 Å². The summed E-state index contributed by atoms with van der Waals surface area (Å²) in [5.74, 6) is 0.714. The lowest BCUT2D eigenvalue weighted by Crippen LogP contribution is -2.20. The molecule has 2 N–H and O–H groups in total. The largest absolute Gasteiger partial charge is 0.394 e. The van der Waals surface area contributed by atoms with Gasteiger partial charge in [0.2, 0.25) is 0 Å². The van der Waals surface area contributed by atoms with Gasteiger partial charge in [-0.15, -0.1) is 0 Å². The zero-order chi connectivity index (χ0) is 13.7. The molecule has 0 aliphatic heterocycles. The van der Waals surface area contributed by atoms with Crippen molar-refractivity contribution in [3.8, 4) is 0 Å². The first kappa shape index (κ1) is 13.8. The Kier molecular flexibility index (Phi) is 4.48. The molecular weight excluding hydrogens is 228 g/mol. The van der Waals surface area contributed by atoms with Crippen molar-refractivity contribution in [1.29, 1.82) is 0 Å². The van der Waals surface area contributed by atoms with Crippen LogP contribution in [0.3, 0.4) is 0 Å². The molecule has 18 heavy (non-hydrogen) atoms. The first-order valence-electron chi connectivity index (χ1n) is 5.47. The van der Waals surface area contributed by atoms with Crippen molar-refractivity contribution in [2.75, 3.05) is 19.8 Å². The number of hydrogen-bond donors (Lipinski definition) is 1. The average molecular weight is 246 g/mol. The maximum Gasteiger partial charge on any atom is 0.277 e. The smallest absolute Gasteiger partial charge is 0.277 e. The monoisotopic (exact) mass is 246 g/mol. The number of aliphatic imine (C=N–C) groups is 1. The molecule has 5 heteroatoms. The Morgan fingerprint density at radius 1 is 1.50 bits per heavy atom. The SMILES string of the molecule is C=N/C(=C\C=C(/C)n1cccc(N)c1=O)N(C)C. The molecule has 0 saturated heterocycles. The van der Waals surface area contributed by atoms with E-state index >= 15 is 0 Å². The summed E-state index contributed by atoms with van der Waals surface area (Å²) in [6, 6.07) is 3.31. The van der Waals surface area contributed by atoms with E-state index in [1.54, 1.807) is 30.5 Å². The van der Waals surface area contributed by atoms with Crippen LogP contribution in [-0.2, 0) is 0 Å². The lowest BCUT2D eigenvalue weighted by molar-refractivity contribution is 0.508. The summed E-state index contributed by atoms with van der Waals surface area (Å²) >= 11 is 0. The highest BCUT2D eigenvalue weighted by molar-refractivity contribution is 5.49. The minimum atomic E-state index is -0.224. The molecule has 0 bridgehead atoms. The Balaban J connectivity index is 3.15. The molecule has 0 fully saturated rings. The third-order valence-corrected chi connectivity index (χ3v) is 2.45. The molecule has 0 atom stereocenters. The van der Waals surface area contributed by atoms with E-state index in [9.17, 15) is 4.79 Å². The second-order valence-corrected chi connectivity index (χ2v) is 4.02. The van der Waals surface area contributed by atoms with Gasteiger partial charge in [-0.1, -0.05) is 0 Å². The first-order chi connectivity index (χ1) is 8.47. The highest BCUT2D eigenvalue weighted by Crippen LogP contribution is 2.05. The van der Waals surface area contributed by atoms with Crippen LogP contribution in [0.4, 0.5) is 5.69 Å². The molecule has 0 aromatic carbocycles. The third-order valence-electron chi connectivity index (χ3n) is 2.45. The van der Waals surface area contributed by atoms with Gasteiger partial charge in [-0.25, -0.2) is 4.99 Å². The summed E-state index contributed by atoms with van der Waals surface area (Å²) in [6.45, 7) is 5.31. The van der Waals surface area contributed by atoms with E-state index in [1.165, 1.54) is 4.57 Å². The standard InChI is InChI=1S/C13H18N4O/c1-10(7-8-12(15-2)16(3)4)17-9-5-6-11(14)13(17)18/h5-9H,2,14H2,1,3-4H3/b10-7+,12-8+. The van der Waals surface area contributed by atoms with E-state index in [1.807, 2.05) is 25.9 Å². The summed E-state index contributed by atoms with van der Waals surface area (Å²) < 4.78 is 1.49. The number of aromatic nitrogens is 1. The highest BCUT2D eigenvalue weighted by atomic mass is 16.1. The van der Waals surface area contributed by atoms with Gasteiger partial charge in [0.15, 0.2) is 0 Å². The molecule has 0 radical (unpaired) electrons. The summed E-state index contributed by atoms with van der Waals surface area (Å²) in [5, 5.41) is 0. The summed E-state index contributed by atoms with van der Waals surface area (Å²) in [5.41, 5.74) is 6.34. The Hall–Kier alpha value is -2.30. The number of pyridine rings is 1. The second-order valence-electron chi connectivity index (χ2n) is 4.02. The van der Waals surface area contributed by atoms with Crippen LogP contribution in [-0.4, -0.2) is 30.3 Å². The van der Waals surface area contributed by atoms with Crippen molar-refractivity contribution in [2.45, 2.75) is 6.92 Å². The molecule has 1 rings (SSSR count). The van der Waals surface area contributed by atoms with Gasteiger partial charge in [-0.3, -0.25) is 9.36 Å². The molecular formula is C13H18N4O. The number of anilines is 1. The molecule has 5 nitrogen and oxygen atoms in total. The summed E-state index contributed by atoms with van der Waals surface area (Å²) in [7, 11) is 3.74. The second kappa shape index (κ2) is 5.86. The van der Waals surface area contributed by atoms with Crippen LogP contribution in [0.15, 0.2) is 46.1 Å². The fraction of sp³-hybridized carbons (Fsp3) is 0.231. The van der Waals surface area contributed by atoms with E-state index in [-0.39, 0.29) is 11.2 Å². The molecule has 0 unspecified atom stereocenters. The number of hydrogen-bond acceptors (Lipinski definition) is 4. The van der Waals surface area contributed by atoms with Gasteiger partial charge >= 0.3 is 0 Å². The average Bonchev–Trinajstić information content (AvgIpc) is 2.32. The highest BCUT2D eigenvalue weighted by Gasteiger charge is 2.00. The molecule has 0 aliphatic carbocycles. The van der Waals surface area contributed by atoms with Crippen LogP contribution in [0.1, 0.15) is 6.92 Å². The van der Waals surface area contributed by atoms with Crippen molar-refractivity contribution in [3.05, 3.63) is 46.7 Å². The van der Waals surface area contributed by atoms with Gasteiger partial charge in [0, 0.05) is 26.0 Å². The van der Waals surface area contributed by atoms with E-state index in [2.05, 4.69) is 11.7 Å². The van der Waals surface area contributed by atoms with E-state index in [4.69, 9.17) is 5.73 Å². The zero-order valence-corrected chi connectivity index (χ0v) is 10.9. The van der Waals surface area contributed by atoms with E-state index in [0.29, 0.717) is 5.82 Å². The maximum atomic E-state index is 11.8. The quantitative estimate of drug-likeness (QED) is 0.645. The zero-order valence-electron chi connectivity index (χ0n) is 10.9. The molecule has 0 spiro atoms. The van der Waals surface area contributed by atoms with Gasteiger partial charge in [0.25, 0.3) is 5.56 Å². The molecule has 0 aliphatic rings. The van der Waals surface area contributed by atoms with Gasteiger partial charge < -0.3 is 10.6 Å². The minimum Gasteiger partial charge on any atom is -0.394 e. The molecule has 1 aromatic heterocycles. The normalized spacial score (nSPS) is 12.4. The molecule has 96 valence electrons. The Morgan fingerprint density at radius 2 is 2.17 bits per heavy atom. The minimum absolute atomic E-state index is 0.224. The predicted octanol–water partition coefficient (Wildman–Crippen LogP) is 1.39. The number of nitrogen functional groups attached to an aromatic ring is 1. The summed E-state index contributed by atoms with van der Waals surface area (Å²) in [6.07, 6.45) is 5.26. The fourth-order valence-electron chi connectivity index (χ4n) is 1.41. The summed E-state index contributed by atoms with van der Waals surface area (Å²) in [4.78, 5) is 17.5. The van der Waals surface area contributed by atoms with Crippen molar-refractivity contribution >= 4 is 18.1 Å². The number of nitrogens with zero attached hydrogens (tertiary/aromatic N) is 3. The molecule has 1 heterocycles. The molecule has 0 amide bonds. The van der Waals surface area contributed by atoms with Crippen LogP contribution < -0.4 is 11.3 Å². The van der Waals surface area contributed by atoms with Gasteiger partial charge in [-0.05, 0) is 37.9 Å². The maximum absolute atomic E-state index is 11.8.